The van der Waals surface area contributed by atoms with Gasteiger partial charge in [-0.3, -0.25) is 9.69 Å². The molecular formula is C15H25N3O2. The normalized spacial score (nSPS) is 11.1. The molecule has 1 rings (SSSR count). The Balaban J connectivity index is 2.61. The number of rotatable bonds is 8. The number of nitrogen functional groups attached to an aromatic ring is 1. The van der Waals surface area contributed by atoms with Crippen molar-refractivity contribution in [3.8, 4) is 0 Å². The molecule has 0 bridgehead atoms. The lowest BCUT2D eigenvalue weighted by Crippen LogP contribution is -2.42. The SMILES string of the molecule is CCC(CC)N(CCO)CC(=O)Nc1cccc(N)c1. The third kappa shape index (κ3) is 5.19. The molecule has 0 atom stereocenters. The first-order valence-corrected chi connectivity index (χ1v) is 7.11. The topological polar surface area (TPSA) is 78.6 Å². The molecule has 0 saturated heterocycles. The Morgan fingerprint density at radius 2 is 2.10 bits per heavy atom. The average molecular weight is 279 g/mol. The molecule has 0 unspecified atom stereocenters. The van der Waals surface area contributed by atoms with Gasteiger partial charge in [-0.1, -0.05) is 19.9 Å². The predicted molar refractivity (Wildman–Crippen MR) is 82.5 cm³/mol. The van der Waals surface area contributed by atoms with Gasteiger partial charge in [0.2, 0.25) is 5.91 Å². The van der Waals surface area contributed by atoms with Crippen LogP contribution in [0.25, 0.3) is 0 Å². The fourth-order valence-electron chi connectivity index (χ4n) is 2.33. The number of amides is 1. The number of aliphatic hydroxyl groups is 1. The van der Waals surface area contributed by atoms with Crippen LogP contribution in [0.15, 0.2) is 24.3 Å². The monoisotopic (exact) mass is 279 g/mol. The number of hydrogen-bond acceptors (Lipinski definition) is 4. The summed E-state index contributed by atoms with van der Waals surface area (Å²) >= 11 is 0. The van der Waals surface area contributed by atoms with Gasteiger partial charge in [-0.25, -0.2) is 0 Å². The molecule has 0 aliphatic carbocycles. The maximum atomic E-state index is 12.1. The summed E-state index contributed by atoms with van der Waals surface area (Å²) in [6, 6.07) is 7.43. The average Bonchev–Trinajstić information content (AvgIpc) is 2.40. The highest BCUT2D eigenvalue weighted by Gasteiger charge is 2.17. The maximum absolute atomic E-state index is 12.1. The lowest BCUT2D eigenvalue weighted by molar-refractivity contribution is -0.118. The molecule has 0 aliphatic heterocycles. The van der Waals surface area contributed by atoms with Gasteiger partial charge in [0, 0.05) is 24.0 Å². The van der Waals surface area contributed by atoms with Crippen LogP contribution in [0.2, 0.25) is 0 Å². The van der Waals surface area contributed by atoms with Gasteiger partial charge >= 0.3 is 0 Å². The van der Waals surface area contributed by atoms with Crippen LogP contribution < -0.4 is 11.1 Å². The van der Waals surface area contributed by atoms with Crippen LogP contribution in [0, 0.1) is 0 Å². The molecule has 0 aromatic heterocycles. The maximum Gasteiger partial charge on any atom is 0.238 e. The summed E-state index contributed by atoms with van der Waals surface area (Å²) in [6.45, 7) is 5.03. The number of nitrogens with two attached hydrogens (primary N) is 1. The van der Waals surface area contributed by atoms with Crippen LogP contribution in [0.3, 0.4) is 0 Å². The van der Waals surface area contributed by atoms with Crippen molar-refractivity contribution >= 4 is 17.3 Å². The van der Waals surface area contributed by atoms with Crippen LogP contribution in [-0.4, -0.2) is 41.7 Å². The van der Waals surface area contributed by atoms with Crippen LogP contribution >= 0.6 is 0 Å². The van der Waals surface area contributed by atoms with Crippen LogP contribution in [0.5, 0.6) is 0 Å². The Hall–Kier alpha value is -1.59. The summed E-state index contributed by atoms with van der Waals surface area (Å²) in [5, 5.41) is 12.0. The molecule has 0 aliphatic rings. The van der Waals surface area contributed by atoms with E-state index in [0.29, 0.717) is 24.0 Å². The van der Waals surface area contributed by atoms with Crippen molar-refractivity contribution in [3.05, 3.63) is 24.3 Å². The number of nitrogens with one attached hydrogen (secondary N) is 1. The van der Waals surface area contributed by atoms with Gasteiger partial charge in [0.05, 0.1) is 13.2 Å². The van der Waals surface area contributed by atoms with Gasteiger partial charge in [-0.05, 0) is 31.0 Å². The van der Waals surface area contributed by atoms with Gasteiger partial charge in [0.1, 0.15) is 0 Å². The minimum atomic E-state index is -0.0871. The first kappa shape index (κ1) is 16.5. The van der Waals surface area contributed by atoms with Gasteiger partial charge < -0.3 is 16.2 Å². The first-order chi connectivity index (χ1) is 9.60. The molecule has 0 fully saturated rings. The van der Waals surface area contributed by atoms with Crippen molar-refractivity contribution in [3.63, 3.8) is 0 Å². The molecule has 112 valence electrons. The van der Waals surface area contributed by atoms with Crippen molar-refractivity contribution in [1.82, 2.24) is 4.90 Å². The minimum Gasteiger partial charge on any atom is -0.399 e. The number of carbonyl (C=O) groups is 1. The number of aliphatic hydroxyl groups excluding tert-OH is 1. The highest BCUT2D eigenvalue weighted by atomic mass is 16.3. The van der Waals surface area contributed by atoms with Crippen LogP contribution in [0.4, 0.5) is 11.4 Å². The van der Waals surface area contributed by atoms with Gasteiger partial charge in [0.25, 0.3) is 0 Å². The van der Waals surface area contributed by atoms with Gasteiger partial charge in [-0.2, -0.15) is 0 Å². The number of benzene rings is 1. The summed E-state index contributed by atoms with van der Waals surface area (Å²) in [7, 11) is 0. The van der Waals surface area contributed by atoms with E-state index in [1.807, 2.05) is 11.0 Å². The lowest BCUT2D eigenvalue weighted by Gasteiger charge is -2.29. The molecule has 1 aromatic carbocycles. The third-order valence-electron chi connectivity index (χ3n) is 3.36. The number of hydrogen-bond donors (Lipinski definition) is 3. The zero-order chi connectivity index (χ0) is 15.0. The largest absolute Gasteiger partial charge is 0.399 e. The van der Waals surface area contributed by atoms with Gasteiger partial charge in [-0.15, -0.1) is 0 Å². The standard InChI is InChI=1S/C15H25N3O2/c1-3-14(4-2)18(8-9-19)11-15(20)17-13-7-5-6-12(16)10-13/h5-7,10,14,19H,3-4,8-9,11,16H2,1-2H3,(H,17,20). The molecule has 0 heterocycles. The number of anilines is 2. The van der Waals surface area contributed by atoms with Crippen molar-refractivity contribution in [2.75, 3.05) is 30.7 Å². The predicted octanol–water partition coefficient (Wildman–Crippen LogP) is 1.69. The van der Waals surface area contributed by atoms with Crippen molar-refractivity contribution < 1.29 is 9.90 Å². The van der Waals surface area contributed by atoms with E-state index < -0.39 is 0 Å². The summed E-state index contributed by atoms with van der Waals surface area (Å²) in [4.78, 5) is 14.1. The second-order valence-electron chi connectivity index (χ2n) is 4.84. The molecule has 5 nitrogen and oxygen atoms in total. The van der Waals surface area contributed by atoms with Crippen LogP contribution in [-0.2, 0) is 4.79 Å². The Morgan fingerprint density at radius 1 is 1.40 bits per heavy atom. The van der Waals surface area contributed by atoms with E-state index in [4.69, 9.17) is 10.8 Å². The Morgan fingerprint density at radius 3 is 2.65 bits per heavy atom. The molecule has 5 heteroatoms. The van der Waals surface area contributed by atoms with E-state index in [-0.39, 0.29) is 19.1 Å². The molecule has 1 amide bonds. The second-order valence-corrected chi connectivity index (χ2v) is 4.84. The quantitative estimate of drug-likeness (QED) is 0.633. The zero-order valence-corrected chi connectivity index (χ0v) is 12.3. The lowest BCUT2D eigenvalue weighted by atomic mass is 10.1. The third-order valence-corrected chi connectivity index (χ3v) is 3.36. The minimum absolute atomic E-state index is 0.0576. The van der Waals surface area contributed by atoms with E-state index in [1.165, 1.54) is 0 Å². The second kappa shape index (κ2) is 8.55. The molecule has 20 heavy (non-hydrogen) atoms. The molecule has 4 N–H and O–H groups in total. The molecular weight excluding hydrogens is 254 g/mol. The van der Waals surface area contributed by atoms with E-state index in [9.17, 15) is 4.79 Å². The summed E-state index contributed by atoms with van der Waals surface area (Å²) in [5.41, 5.74) is 7.00. The zero-order valence-electron chi connectivity index (χ0n) is 12.3. The molecule has 0 saturated carbocycles. The summed E-state index contributed by atoms with van der Waals surface area (Å²) < 4.78 is 0. The van der Waals surface area contributed by atoms with Crippen molar-refractivity contribution in [2.24, 2.45) is 0 Å². The smallest absolute Gasteiger partial charge is 0.238 e. The first-order valence-electron chi connectivity index (χ1n) is 7.11. The highest BCUT2D eigenvalue weighted by molar-refractivity contribution is 5.92. The van der Waals surface area contributed by atoms with E-state index in [0.717, 1.165) is 12.8 Å². The Labute approximate surface area is 120 Å². The fourth-order valence-corrected chi connectivity index (χ4v) is 2.33. The molecule has 0 spiro atoms. The Bertz CT molecular complexity index is 419. The van der Waals surface area contributed by atoms with Crippen molar-refractivity contribution in [2.45, 2.75) is 32.7 Å². The van der Waals surface area contributed by atoms with Crippen molar-refractivity contribution in [1.29, 1.82) is 0 Å². The van der Waals surface area contributed by atoms with E-state index in [2.05, 4.69) is 19.2 Å². The summed E-state index contributed by atoms with van der Waals surface area (Å²) in [6.07, 6.45) is 1.92. The van der Waals surface area contributed by atoms with Gasteiger partial charge in [0.15, 0.2) is 0 Å². The molecule has 0 radical (unpaired) electrons. The van der Waals surface area contributed by atoms with E-state index in [1.54, 1.807) is 18.2 Å². The molecule has 1 aromatic rings. The van der Waals surface area contributed by atoms with Crippen LogP contribution in [0.1, 0.15) is 26.7 Å². The fraction of sp³-hybridized carbons (Fsp3) is 0.533. The highest BCUT2D eigenvalue weighted by Crippen LogP contribution is 2.13. The number of nitrogens with zero attached hydrogens (tertiary/aromatic N) is 1. The van der Waals surface area contributed by atoms with E-state index >= 15 is 0 Å². The summed E-state index contributed by atoms with van der Waals surface area (Å²) in [5.74, 6) is -0.0871. The Kier molecular flexibility index (Phi) is 7.04. The number of carbonyl (C=O) groups excluding carboxylic acids is 1.